The summed E-state index contributed by atoms with van der Waals surface area (Å²) in [7, 11) is 2.79. The number of carbonyl (C=O) groups excluding carboxylic acids is 1. The van der Waals surface area contributed by atoms with Gasteiger partial charge < -0.3 is 20.3 Å². The Balaban J connectivity index is 2.43. The first-order chi connectivity index (χ1) is 11.1. The highest BCUT2D eigenvalue weighted by Gasteiger charge is 2.31. The van der Waals surface area contributed by atoms with Gasteiger partial charge >= 0.3 is 5.97 Å². The first-order valence-electron chi connectivity index (χ1n) is 6.98. The summed E-state index contributed by atoms with van der Waals surface area (Å²) >= 11 is 1.29. The van der Waals surface area contributed by atoms with Crippen molar-refractivity contribution in [2.75, 3.05) is 20.0 Å². The Kier molecular flexibility index (Phi) is 5.90. The molecule has 3 N–H and O–H groups in total. The van der Waals surface area contributed by atoms with Crippen LogP contribution in [-0.4, -0.2) is 31.4 Å². The van der Waals surface area contributed by atoms with Crippen LogP contribution in [0.25, 0.3) is 0 Å². The zero-order chi connectivity index (χ0) is 16.8. The molecule has 0 radical (unpaired) electrons. The molecule has 6 heteroatoms. The third kappa shape index (κ3) is 3.97. The molecule has 0 bridgehead atoms. The molecule has 0 aliphatic carbocycles. The number of rotatable bonds is 6. The molecular formula is C17H19NO4S. The fourth-order valence-corrected chi connectivity index (χ4v) is 3.37. The van der Waals surface area contributed by atoms with Gasteiger partial charge in [0, 0.05) is 16.1 Å². The number of nitrogens with two attached hydrogens (primary N) is 1. The lowest BCUT2D eigenvalue weighted by molar-refractivity contribution is -0.150. The van der Waals surface area contributed by atoms with Crippen molar-refractivity contribution in [1.29, 1.82) is 0 Å². The number of esters is 1. The highest BCUT2D eigenvalue weighted by Crippen LogP contribution is 2.43. The summed E-state index contributed by atoms with van der Waals surface area (Å²) in [5.74, 6) is -0.120. The second-order valence-corrected chi connectivity index (χ2v) is 5.97. The van der Waals surface area contributed by atoms with Crippen LogP contribution in [-0.2, 0) is 9.53 Å². The molecular weight excluding hydrogens is 314 g/mol. The number of thioether (sulfide) groups is 1. The van der Waals surface area contributed by atoms with Crippen molar-refractivity contribution in [1.82, 2.24) is 0 Å². The van der Waals surface area contributed by atoms with Gasteiger partial charge in [-0.3, -0.25) is 0 Å². The normalized spacial score (nSPS) is 13.2. The van der Waals surface area contributed by atoms with E-state index in [-0.39, 0.29) is 0 Å². The number of carbonyl (C=O) groups is 1. The van der Waals surface area contributed by atoms with Crippen LogP contribution in [0, 0.1) is 0 Å². The molecule has 2 aromatic rings. The maximum atomic E-state index is 11.8. The molecule has 0 aliphatic heterocycles. The number of nitrogen functional groups attached to an aromatic ring is 1. The van der Waals surface area contributed by atoms with Crippen LogP contribution in [0.2, 0.25) is 0 Å². The van der Waals surface area contributed by atoms with Gasteiger partial charge in [0.15, 0.2) is 6.10 Å². The smallest absolute Gasteiger partial charge is 0.336 e. The topological polar surface area (TPSA) is 81.8 Å². The van der Waals surface area contributed by atoms with Crippen molar-refractivity contribution in [2.45, 2.75) is 16.2 Å². The van der Waals surface area contributed by atoms with E-state index in [4.69, 9.17) is 10.5 Å². The highest BCUT2D eigenvalue weighted by atomic mass is 32.2. The summed E-state index contributed by atoms with van der Waals surface area (Å²) in [5.41, 5.74) is 7.25. The van der Waals surface area contributed by atoms with E-state index in [1.54, 1.807) is 19.2 Å². The Labute approximate surface area is 139 Å². The first kappa shape index (κ1) is 17.2. The Hall–Kier alpha value is -2.18. The van der Waals surface area contributed by atoms with E-state index >= 15 is 0 Å². The minimum absolute atomic E-state index is 0.578. The van der Waals surface area contributed by atoms with E-state index in [0.29, 0.717) is 17.0 Å². The second kappa shape index (κ2) is 7.89. The van der Waals surface area contributed by atoms with Gasteiger partial charge in [-0.2, -0.15) is 0 Å². The van der Waals surface area contributed by atoms with E-state index in [9.17, 15) is 9.90 Å². The standard InChI is InChI=1S/C17H19NO4S/c1-21-13-9-5-3-7-11(13)16(15(19)17(20)22-2)23-14-10-6-4-8-12(14)18/h3-10,15-16,19H,18H2,1-2H3. The van der Waals surface area contributed by atoms with Crippen molar-refractivity contribution in [3.8, 4) is 5.75 Å². The molecule has 23 heavy (non-hydrogen) atoms. The second-order valence-electron chi connectivity index (χ2n) is 4.79. The number of para-hydroxylation sites is 2. The number of hydrogen-bond donors (Lipinski definition) is 2. The summed E-state index contributed by atoms with van der Waals surface area (Å²) in [6.45, 7) is 0. The minimum atomic E-state index is -1.35. The van der Waals surface area contributed by atoms with Gasteiger partial charge in [-0.1, -0.05) is 30.3 Å². The molecule has 0 saturated heterocycles. The van der Waals surface area contributed by atoms with Crippen LogP contribution in [0.5, 0.6) is 5.75 Å². The molecule has 2 atom stereocenters. The van der Waals surface area contributed by atoms with E-state index in [2.05, 4.69) is 4.74 Å². The zero-order valence-electron chi connectivity index (χ0n) is 12.9. The third-order valence-corrected chi connectivity index (χ3v) is 4.74. The number of methoxy groups -OCH3 is 2. The molecule has 5 nitrogen and oxygen atoms in total. The van der Waals surface area contributed by atoms with Crippen molar-refractivity contribution >= 4 is 23.4 Å². The van der Waals surface area contributed by atoms with Crippen LogP contribution >= 0.6 is 11.8 Å². The van der Waals surface area contributed by atoms with E-state index < -0.39 is 17.3 Å². The van der Waals surface area contributed by atoms with Gasteiger partial charge in [-0.15, -0.1) is 11.8 Å². The predicted octanol–water partition coefficient (Wildman–Crippen LogP) is 2.64. The van der Waals surface area contributed by atoms with E-state index in [0.717, 1.165) is 4.90 Å². The van der Waals surface area contributed by atoms with E-state index in [1.807, 2.05) is 36.4 Å². The zero-order valence-corrected chi connectivity index (χ0v) is 13.7. The molecule has 2 rings (SSSR count). The number of ether oxygens (including phenoxy) is 2. The van der Waals surface area contributed by atoms with Crippen molar-refractivity contribution < 1.29 is 19.4 Å². The van der Waals surface area contributed by atoms with Crippen LogP contribution in [0.4, 0.5) is 5.69 Å². The van der Waals surface area contributed by atoms with Gasteiger partial charge in [0.05, 0.1) is 19.5 Å². The summed E-state index contributed by atoms with van der Waals surface area (Å²) in [6, 6.07) is 14.5. The van der Waals surface area contributed by atoms with Gasteiger partial charge in [0.25, 0.3) is 0 Å². The maximum absolute atomic E-state index is 11.8. The largest absolute Gasteiger partial charge is 0.496 e. The highest BCUT2D eigenvalue weighted by molar-refractivity contribution is 7.99. The molecule has 0 aliphatic rings. The molecule has 0 saturated carbocycles. The summed E-state index contributed by atoms with van der Waals surface area (Å²) in [6.07, 6.45) is -1.35. The predicted molar refractivity (Wildman–Crippen MR) is 90.5 cm³/mol. The van der Waals surface area contributed by atoms with Gasteiger partial charge in [-0.25, -0.2) is 4.79 Å². The fourth-order valence-electron chi connectivity index (χ4n) is 2.17. The lowest BCUT2D eigenvalue weighted by Gasteiger charge is -2.23. The Morgan fingerprint density at radius 2 is 1.78 bits per heavy atom. The summed E-state index contributed by atoms with van der Waals surface area (Å²) < 4.78 is 10.0. The van der Waals surface area contributed by atoms with Gasteiger partial charge in [-0.05, 0) is 18.2 Å². The molecule has 2 unspecified atom stereocenters. The average Bonchev–Trinajstić information content (AvgIpc) is 2.59. The molecule has 0 spiro atoms. The van der Waals surface area contributed by atoms with Gasteiger partial charge in [0.2, 0.25) is 0 Å². The molecule has 122 valence electrons. The van der Waals surface area contributed by atoms with Crippen molar-refractivity contribution in [2.24, 2.45) is 0 Å². The number of aliphatic hydroxyl groups is 1. The molecule has 0 amide bonds. The fraction of sp³-hybridized carbons (Fsp3) is 0.235. The third-order valence-electron chi connectivity index (χ3n) is 3.35. The first-order valence-corrected chi connectivity index (χ1v) is 7.86. The van der Waals surface area contributed by atoms with Crippen LogP contribution < -0.4 is 10.5 Å². The van der Waals surface area contributed by atoms with Crippen LogP contribution in [0.15, 0.2) is 53.4 Å². The van der Waals surface area contributed by atoms with Gasteiger partial charge in [0.1, 0.15) is 5.75 Å². The van der Waals surface area contributed by atoms with Crippen molar-refractivity contribution in [3.05, 3.63) is 54.1 Å². The summed E-state index contributed by atoms with van der Waals surface area (Å²) in [5, 5.41) is 9.80. The Morgan fingerprint density at radius 1 is 1.13 bits per heavy atom. The maximum Gasteiger partial charge on any atom is 0.336 e. The number of hydrogen-bond acceptors (Lipinski definition) is 6. The Bertz CT molecular complexity index is 677. The monoisotopic (exact) mass is 333 g/mol. The number of benzene rings is 2. The quantitative estimate of drug-likeness (QED) is 0.480. The number of anilines is 1. The molecule has 0 fully saturated rings. The molecule has 2 aromatic carbocycles. The summed E-state index contributed by atoms with van der Waals surface area (Å²) in [4.78, 5) is 12.6. The van der Waals surface area contributed by atoms with Crippen molar-refractivity contribution in [3.63, 3.8) is 0 Å². The average molecular weight is 333 g/mol. The minimum Gasteiger partial charge on any atom is -0.496 e. The van der Waals surface area contributed by atoms with Crippen LogP contribution in [0.3, 0.4) is 0 Å². The lowest BCUT2D eigenvalue weighted by atomic mass is 10.1. The SMILES string of the molecule is COC(=O)C(O)C(Sc1ccccc1N)c1ccccc1OC. The lowest BCUT2D eigenvalue weighted by Crippen LogP contribution is -2.28. The molecule has 0 aromatic heterocycles. The van der Waals surface area contributed by atoms with Crippen LogP contribution in [0.1, 0.15) is 10.8 Å². The Morgan fingerprint density at radius 3 is 2.43 bits per heavy atom. The van der Waals surface area contributed by atoms with E-state index in [1.165, 1.54) is 18.9 Å². The molecule has 0 heterocycles. The number of aliphatic hydroxyl groups excluding tert-OH is 1.